The number of aromatic hydroxyl groups is 1. The molecule has 5 nitrogen and oxygen atoms in total. The zero-order chi connectivity index (χ0) is 14.7. The molecule has 0 fully saturated rings. The maximum atomic E-state index is 9.74. The molecule has 0 saturated heterocycles. The fraction of sp³-hybridized carbons (Fsp3) is 0. The predicted octanol–water partition coefficient (Wildman–Crippen LogP) is 3.54. The lowest BCUT2D eigenvalue weighted by atomic mass is 10.2. The minimum atomic E-state index is 0.163. The molecule has 0 bridgehead atoms. The Hall–Kier alpha value is -2.47. The van der Waals surface area contributed by atoms with Crippen LogP contribution in [0.15, 0.2) is 58.4 Å². The van der Waals surface area contributed by atoms with Gasteiger partial charge in [-0.25, -0.2) is 9.97 Å². The molecule has 1 heterocycles. The number of fused-ring (bicyclic) bond motifs is 1. The summed E-state index contributed by atoms with van der Waals surface area (Å²) in [5.41, 5.74) is 4.32. The van der Waals surface area contributed by atoms with Gasteiger partial charge < -0.3 is 5.11 Å². The van der Waals surface area contributed by atoms with Crippen LogP contribution < -0.4 is 5.43 Å². The Kier molecular flexibility index (Phi) is 3.79. The van der Waals surface area contributed by atoms with Gasteiger partial charge in [0.1, 0.15) is 12.1 Å². The second-order valence-corrected chi connectivity index (χ2v) is 5.23. The van der Waals surface area contributed by atoms with Gasteiger partial charge in [-0.2, -0.15) is 5.10 Å². The first-order valence-corrected chi connectivity index (χ1v) is 7.01. The average Bonchev–Trinajstić information content (AvgIpc) is 2.51. The van der Waals surface area contributed by atoms with Crippen molar-refractivity contribution >= 4 is 38.9 Å². The topological polar surface area (TPSA) is 70.4 Å². The van der Waals surface area contributed by atoms with Crippen LogP contribution in [0, 0.1) is 0 Å². The summed E-state index contributed by atoms with van der Waals surface area (Å²) < 4.78 is 0.870. The molecular weight excluding hydrogens is 332 g/mol. The number of aromatic nitrogens is 2. The molecule has 0 atom stereocenters. The van der Waals surface area contributed by atoms with E-state index in [1.54, 1.807) is 18.2 Å². The lowest BCUT2D eigenvalue weighted by Crippen LogP contribution is -1.96. The summed E-state index contributed by atoms with van der Waals surface area (Å²) in [5, 5.41) is 14.7. The van der Waals surface area contributed by atoms with Crippen LogP contribution in [0.5, 0.6) is 5.75 Å². The molecule has 0 amide bonds. The summed E-state index contributed by atoms with van der Waals surface area (Å²) in [6.07, 6.45) is 3.02. The number of hydrazone groups is 1. The van der Waals surface area contributed by atoms with Crippen LogP contribution in [0.2, 0.25) is 0 Å². The highest BCUT2D eigenvalue weighted by atomic mass is 79.9. The van der Waals surface area contributed by atoms with Crippen molar-refractivity contribution in [2.75, 3.05) is 5.43 Å². The predicted molar refractivity (Wildman–Crippen MR) is 86.6 cm³/mol. The van der Waals surface area contributed by atoms with Gasteiger partial charge in [0, 0.05) is 15.4 Å². The number of benzene rings is 2. The molecule has 0 saturated carbocycles. The molecule has 0 aliphatic carbocycles. The van der Waals surface area contributed by atoms with E-state index in [1.165, 1.54) is 12.5 Å². The van der Waals surface area contributed by atoms with E-state index >= 15 is 0 Å². The first-order valence-electron chi connectivity index (χ1n) is 6.21. The van der Waals surface area contributed by atoms with Crippen LogP contribution in [0.3, 0.4) is 0 Å². The molecule has 104 valence electrons. The molecule has 3 rings (SSSR count). The van der Waals surface area contributed by atoms with Crippen molar-refractivity contribution in [1.82, 2.24) is 9.97 Å². The fourth-order valence-electron chi connectivity index (χ4n) is 1.89. The monoisotopic (exact) mass is 342 g/mol. The van der Waals surface area contributed by atoms with Gasteiger partial charge in [0.2, 0.25) is 0 Å². The zero-order valence-electron chi connectivity index (χ0n) is 10.9. The van der Waals surface area contributed by atoms with E-state index in [0.29, 0.717) is 11.4 Å². The maximum Gasteiger partial charge on any atom is 0.157 e. The normalized spacial score (nSPS) is 11.1. The standard InChI is InChI=1S/C15H11BrN4O/c16-11-5-6-14(21)10(7-11)8-19-20-15-12-3-1-2-4-13(12)17-9-18-15/h1-9,21H,(H,17,18,20). The van der Waals surface area contributed by atoms with Gasteiger partial charge in [0.25, 0.3) is 0 Å². The van der Waals surface area contributed by atoms with Gasteiger partial charge in [-0.05, 0) is 30.3 Å². The van der Waals surface area contributed by atoms with Crippen molar-refractivity contribution in [3.63, 3.8) is 0 Å². The SMILES string of the molecule is Oc1ccc(Br)cc1C=NNc1ncnc2ccccc12. The van der Waals surface area contributed by atoms with Crippen LogP contribution in [0.25, 0.3) is 10.9 Å². The Morgan fingerprint density at radius 2 is 2.00 bits per heavy atom. The third kappa shape index (κ3) is 3.00. The summed E-state index contributed by atoms with van der Waals surface area (Å²) in [7, 11) is 0. The Balaban J connectivity index is 1.86. The highest BCUT2D eigenvalue weighted by Gasteiger charge is 2.02. The lowest BCUT2D eigenvalue weighted by Gasteiger charge is -2.03. The van der Waals surface area contributed by atoms with Crippen LogP contribution in [0.4, 0.5) is 5.82 Å². The lowest BCUT2D eigenvalue weighted by molar-refractivity contribution is 0.474. The highest BCUT2D eigenvalue weighted by molar-refractivity contribution is 9.10. The van der Waals surface area contributed by atoms with Gasteiger partial charge in [-0.1, -0.05) is 28.1 Å². The quantitative estimate of drug-likeness (QED) is 0.564. The van der Waals surface area contributed by atoms with Crippen LogP contribution in [-0.2, 0) is 0 Å². The number of rotatable bonds is 3. The molecule has 2 N–H and O–H groups in total. The fourth-order valence-corrected chi connectivity index (χ4v) is 2.26. The van der Waals surface area contributed by atoms with Crippen molar-refractivity contribution in [2.24, 2.45) is 5.10 Å². The Morgan fingerprint density at radius 3 is 2.90 bits per heavy atom. The first kappa shape index (κ1) is 13.5. The maximum absolute atomic E-state index is 9.74. The van der Waals surface area contributed by atoms with Crippen LogP contribution in [0.1, 0.15) is 5.56 Å². The smallest absolute Gasteiger partial charge is 0.157 e. The van der Waals surface area contributed by atoms with Crippen molar-refractivity contribution < 1.29 is 5.11 Å². The molecule has 6 heteroatoms. The van der Waals surface area contributed by atoms with Crippen LogP contribution >= 0.6 is 15.9 Å². The number of para-hydroxylation sites is 1. The molecule has 0 aliphatic rings. The largest absolute Gasteiger partial charge is 0.507 e. The average molecular weight is 343 g/mol. The molecular formula is C15H11BrN4O. The Bertz CT molecular complexity index is 814. The number of nitrogens with one attached hydrogen (secondary N) is 1. The Labute approximate surface area is 129 Å². The number of hydrogen-bond acceptors (Lipinski definition) is 5. The number of phenols is 1. The Morgan fingerprint density at radius 1 is 1.14 bits per heavy atom. The minimum absolute atomic E-state index is 0.163. The first-order chi connectivity index (χ1) is 10.2. The number of halogens is 1. The summed E-state index contributed by atoms with van der Waals surface area (Å²) in [6.45, 7) is 0. The highest BCUT2D eigenvalue weighted by Crippen LogP contribution is 2.21. The summed E-state index contributed by atoms with van der Waals surface area (Å²) in [5.74, 6) is 0.780. The molecule has 2 aromatic carbocycles. The second-order valence-electron chi connectivity index (χ2n) is 4.31. The summed E-state index contributed by atoms with van der Waals surface area (Å²) >= 11 is 3.35. The van der Waals surface area contributed by atoms with E-state index in [2.05, 4.69) is 36.4 Å². The van der Waals surface area contributed by atoms with E-state index in [-0.39, 0.29) is 5.75 Å². The van der Waals surface area contributed by atoms with Gasteiger partial charge in [0.15, 0.2) is 5.82 Å². The van der Waals surface area contributed by atoms with Gasteiger partial charge in [-0.3, -0.25) is 5.43 Å². The van der Waals surface area contributed by atoms with E-state index in [1.807, 2.05) is 24.3 Å². The molecule has 0 aliphatic heterocycles. The number of hydrogen-bond donors (Lipinski definition) is 2. The minimum Gasteiger partial charge on any atom is -0.507 e. The van der Waals surface area contributed by atoms with E-state index in [9.17, 15) is 5.11 Å². The van der Waals surface area contributed by atoms with Gasteiger partial charge >= 0.3 is 0 Å². The van der Waals surface area contributed by atoms with Crippen LogP contribution in [-0.4, -0.2) is 21.3 Å². The third-order valence-electron chi connectivity index (χ3n) is 2.91. The van der Waals surface area contributed by atoms with Gasteiger partial charge in [-0.15, -0.1) is 0 Å². The van der Waals surface area contributed by atoms with E-state index in [0.717, 1.165) is 15.4 Å². The van der Waals surface area contributed by atoms with Crippen molar-refractivity contribution in [1.29, 1.82) is 0 Å². The number of anilines is 1. The molecule has 3 aromatic rings. The summed E-state index contributed by atoms with van der Waals surface area (Å²) in [4.78, 5) is 8.35. The van der Waals surface area contributed by atoms with E-state index < -0.39 is 0 Å². The zero-order valence-corrected chi connectivity index (χ0v) is 12.4. The molecule has 0 radical (unpaired) electrons. The third-order valence-corrected chi connectivity index (χ3v) is 3.40. The molecule has 21 heavy (non-hydrogen) atoms. The molecule has 1 aromatic heterocycles. The van der Waals surface area contributed by atoms with Gasteiger partial charge in [0.05, 0.1) is 11.7 Å². The number of phenolic OH excluding ortho intramolecular Hbond substituents is 1. The van der Waals surface area contributed by atoms with E-state index in [4.69, 9.17) is 0 Å². The number of nitrogens with zero attached hydrogens (tertiary/aromatic N) is 3. The summed E-state index contributed by atoms with van der Waals surface area (Å²) in [6, 6.07) is 12.8. The molecule has 0 unspecified atom stereocenters. The molecule has 0 spiro atoms. The second kappa shape index (κ2) is 5.88. The van der Waals surface area contributed by atoms with Crippen molar-refractivity contribution in [2.45, 2.75) is 0 Å². The van der Waals surface area contributed by atoms with Crippen molar-refractivity contribution in [3.8, 4) is 5.75 Å². The van der Waals surface area contributed by atoms with Crippen molar-refractivity contribution in [3.05, 3.63) is 58.8 Å².